The van der Waals surface area contributed by atoms with Gasteiger partial charge in [0, 0.05) is 35.5 Å². The molecule has 0 saturated carbocycles. The number of carbonyl (C=O) groups excluding carboxylic acids is 1. The van der Waals surface area contributed by atoms with Gasteiger partial charge in [0.05, 0.1) is 11.7 Å². The summed E-state index contributed by atoms with van der Waals surface area (Å²) in [5.41, 5.74) is 1.72. The summed E-state index contributed by atoms with van der Waals surface area (Å²) in [6.45, 7) is 5.38. The third kappa shape index (κ3) is 6.07. The number of rotatable bonds is 4. The van der Waals surface area contributed by atoms with Crippen LogP contribution in [0.2, 0.25) is 0 Å². The maximum atomic E-state index is 13.9. The zero-order valence-corrected chi connectivity index (χ0v) is 21.8. The molecule has 2 aromatic carbocycles. The number of benzene rings is 2. The average molecular weight is 540 g/mol. The fourth-order valence-corrected chi connectivity index (χ4v) is 3.68. The number of halogens is 2. The van der Waals surface area contributed by atoms with Crippen molar-refractivity contribution in [3.05, 3.63) is 95.6 Å². The first-order valence-corrected chi connectivity index (χ1v) is 12.2. The Hall–Kier alpha value is -5.24. The highest BCUT2D eigenvalue weighted by atomic mass is 19.2. The number of fused-ring (bicyclic) bond motifs is 1. The predicted molar refractivity (Wildman–Crippen MR) is 144 cm³/mol. The Morgan fingerprint density at radius 1 is 1.02 bits per heavy atom. The van der Waals surface area contributed by atoms with Gasteiger partial charge < -0.3 is 10.1 Å². The van der Waals surface area contributed by atoms with Crippen LogP contribution >= 0.6 is 0 Å². The Labute approximate surface area is 228 Å². The molecule has 0 atom stereocenters. The molecule has 0 amide bonds. The quantitative estimate of drug-likeness (QED) is 0.304. The molecule has 0 aliphatic rings. The SMILES string of the molecule is CC(C)(C)OC(=O)n1ncc2cc(C#Cc3ccnc(-c4ccnc(NCc5cccc(F)c5F)n4)n3)ccc21. The number of carbonyl (C=O) groups is 1. The van der Waals surface area contributed by atoms with Gasteiger partial charge in [0.1, 0.15) is 17.0 Å². The summed E-state index contributed by atoms with van der Waals surface area (Å²) in [6.07, 6.45) is 4.11. The van der Waals surface area contributed by atoms with Gasteiger partial charge in [0.25, 0.3) is 0 Å². The number of nitrogens with one attached hydrogen (secondary N) is 1. The molecule has 0 bridgehead atoms. The molecule has 0 spiro atoms. The van der Waals surface area contributed by atoms with Gasteiger partial charge in [0.2, 0.25) is 5.95 Å². The van der Waals surface area contributed by atoms with Crippen LogP contribution in [-0.4, -0.2) is 41.4 Å². The van der Waals surface area contributed by atoms with Gasteiger partial charge >= 0.3 is 6.09 Å². The Balaban J connectivity index is 1.32. The minimum atomic E-state index is -0.920. The van der Waals surface area contributed by atoms with Crippen molar-refractivity contribution in [3.8, 4) is 23.4 Å². The van der Waals surface area contributed by atoms with E-state index < -0.39 is 23.3 Å². The van der Waals surface area contributed by atoms with Gasteiger partial charge in [-0.15, -0.1) is 0 Å². The molecule has 40 heavy (non-hydrogen) atoms. The molecular formula is C29H23F2N7O2. The minimum absolute atomic E-state index is 0.000436. The van der Waals surface area contributed by atoms with Gasteiger partial charge in [-0.05, 0) is 63.1 Å². The Bertz CT molecular complexity index is 1790. The van der Waals surface area contributed by atoms with Gasteiger partial charge in [-0.25, -0.2) is 33.5 Å². The largest absolute Gasteiger partial charge is 0.442 e. The third-order valence-corrected chi connectivity index (χ3v) is 5.48. The first kappa shape index (κ1) is 26.4. The molecule has 5 aromatic rings. The van der Waals surface area contributed by atoms with E-state index >= 15 is 0 Å². The molecule has 0 saturated heterocycles. The minimum Gasteiger partial charge on any atom is -0.442 e. The van der Waals surface area contributed by atoms with Crippen LogP contribution in [0.4, 0.5) is 19.5 Å². The fourth-order valence-electron chi connectivity index (χ4n) is 3.68. The second-order valence-electron chi connectivity index (χ2n) is 9.66. The summed E-state index contributed by atoms with van der Waals surface area (Å²) >= 11 is 0. The van der Waals surface area contributed by atoms with Crippen molar-refractivity contribution in [2.45, 2.75) is 32.9 Å². The lowest BCUT2D eigenvalue weighted by Crippen LogP contribution is -2.27. The van der Waals surface area contributed by atoms with Crippen molar-refractivity contribution in [1.29, 1.82) is 0 Å². The highest BCUT2D eigenvalue weighted by Gasteiger charge is 2.20. The van der Waals surface area contributed by atoms with Crippen LogP contribution in [0, 0.1) is 23.5 Å². The number of anilines is 1. The normalized spacial score (nSPS) is 11.1. The maximum absolute atomic E-state index is 13.9. The molecule has 0 aliphatic carbocycles. The van der Waals surface area contributed by atoms with Gasteiger partial charge in [-0.2, -0.15) is 9.78 Å². The van der Waals surface area contributed by atoms with E-state index in [0.29, 0.717) is 28.3 Å². The molecule has 1 N–H and O–H groups in total. The molecule has 0 aliphatic heterocycles. The van der Waals surface area contributed by atoms with Crippen molar-refractivity contribution in [1.82, 2.24) is 29.7 Å². The van der Waals surface area contributed by atoms with Gasteiger partial charge in [-0.1, -0.05) is 18.1 Å². The van der Waals surface area contributed by atoms with Crippen molar-refractivity contribution in [3.63, 3.8) is 0 Å². The Morgan fingerprint density at radius 2 is 1.85 bits per heavy atom. The molecule has 0 fully saturated rings. The fraction of sp³-hybridized carbons (Fsp3) is 0.172. The summed E-state index contributed by atoms with van der Waals surface area (Å²) < 4.78 is 34.0. The molecule has 3 aromatic heterocycles. The van der Waals surface area contributed by atoms with Crippen molar-refractivity contribution in [2.24, 2.45) is 0 Å². The van der Waals surface area contributed by atoms with E-state index in [1.807, 2.05) is 6.07 Å². The number of nitrogens with zero attached hydrogens (tertiary/aromatic N) is 6. The summed E-state index contributed by atoms with van der Waals surface area (Å²) in [5, 5.41) is 7.77. The van der Waals surface area contributed by atoms with E-state index in [-0.39, 0.29) is 18.1 Å². The average Bonchev–Trinajstić information content (AvgIpc) is 3.36. The van der Waals surface area contributed by atoms with Crippen LogP contribution in [0.1, 0.15) is 37.6 Å². The highest BCUT2D eigenvalue weighted by Crippen LogP contribution is 2.19. The summed E-state index contributed by atoms with van der Waals surface area (Å²) in [7, 11) is 0. The van der Waals surface area contributed by atoms with Crippen LogP contribution in [-0.2, 0) is 11.3 Å². The van der Waals surface area contributed by atoms with E-state index in [2.05, 4.69) is 42.2 Å². The first-order valence-electron chi connectivity index (χ1n) is 12.2. The van der Waals surface area contributed by atoms with Gasteiger partial charge in [0.15, 0.2) is 17.5 Å². The number of hydrogen-bond donors (Lipinski definition) is 1. The monoisotopic (exact) mass is 539 g/mol. The Kier molecular flexibility index (Phi) is 7.16. The lowest BCUT2D eigenvalue weighted by molar-refractivity contribution is 0.0522. The highest BCUT2D eigenvalue weighted by molar-refractivity contribution is 5.88. The third-order valence-electron chi connectivity index (χ3n) is 5.48. The van der Waals surface area contributed by atoms with Crippen LogP contribution in [0.25, 0.3) is 22.4 Å². The summed E-state index contributed by atoms with van der Waals surface area (Å²) in [4.78, 5) is 29.7. The molecule has 0 radical (unpaired) electrons. The Morgan fingerprint density at radius 3 is 2.67 bits per heavy atom. The van der Waals surface area contributed by atoms with Crippen molar-refractivity contribution < 1.29 is 18.3 Å². The van der Waals surface area contributed by atoms with Crippen LogP contribution < -0.4 is 5.32 Å². The summed E-state index contributed by atoms with van der Waals surface area (Å²) in [6, 6.07) is 12.6. The van der Waals surface area contributed by atoms with Crippen LogP contribution in [0.5, 0.6) is 0 Å². The molecule has 0 unspecified atom stereocenters. The van der Waals surface area contributed by atoms with Crippen molar-refractivity contribution in [2.75, 3.05) is 5.32 Å². The number of ether oxygens (including phenoxy) is 1. The first-order chi connectivity index (χ1) is 19.2. The van der Waals surface area contributed by atoms with Crippen LogP contribution in [0.15, 0.2) is 67.1 Å². The van der Waals surface area contributed by atoms with Gasteiger partial charge in [-0.3, -0.25) is 0 Å². The van der Waals surface area contributed by atoms with E-state index in [9.17, 15) is 13.6 Å². The van der Waals surface area contributed by atoms with E-state index in [1.165, 1.54) is 23.0 Å². The molecule has 9 nitrogen and oxygen atoms in total. The molecule has 3 heterocycles. The summed E-state index contributed by atoms with van der Waals surface area (Å²) in [5.74, 6) is 4.77. The van der Waals surface area contributed by atoms with E-state index in [1.54, 1.807) is 57.4 Å². The van der Waals surface area contributed by atoms with E-state index in [0.717, 1.165) is 11.5 Å². The van der Waals surface area contributed by atoms with Crippen LogP contribution in [0.3, 0.4) is 0 Å². The maximum Gasteiger partial charge on any atom is 0.435 e. The topological polar surface area (TPSA) is 108 Å². The number of aromatic nitrogens is 6. The van der Waals surface area contributed by atoms with Crippen molar-refractivity contribution >= 4 is 22.9 Å². The predicted octanol–water partition coefficient (Wildman–Crippen LogP) is 5.36. The molecule has 5 rings (SSSR count). The second-order valence-corrected chi connectivity index (χ2v) is 9.66. The zero-order valence-electron chi connectivity index (χ0n) is 21.8. The molecular weight excluding hydrogens is 516 g/mol. The smallest absolute Gasteiger partial charge is 0.435 e. The zero-order chi connectivity index (χ0) is 28.3. The number of hydrogen-bond acceptors (Lipinski definition) is 8. The molecule has 200 valence electrons. The molecule has 11 heteroatoms. The second kappa shape index (κ2) is 10.9. The lowest BCUT2D eigenvalue weighted by Gasteiger charge is -2.19. The lowest BCUT2D eigenvalue weighted by atomic mass is 10.1. The standard InChI is InChI=1S/C29H23F2N7O2/c1-29(2,3)40-28(39)38-24-10-8-18(15-20(24)17-35-38)7-9-21-11-13-32-26(36-21)23-12-14-33-27(37-23)34-16-19-5-4-6-22(30)25(19)31/h4-6,8,10-15,17H,16H2,1-3H3,(H,33,34,37). The van der Waals surface area contributed by atoms with E-state index in [4.69, 9.17) is 4.74 Å².